The highest BCUT2D eigenvalue weighted by atomic mass is 32.1. The number of rotatable bonds is 3. The number of pyridine rings is 1. The van der Waals surface area contributed by atoms with Gasteiger partial charge in [0.25, 0.3) is 0 Å². The SMILES string of the molecule is Cc1ccc2c(c1)CN(Cc1cccnc1)CC(c1ccsc1)O2. The van der Waals surface area contributed by atoms with Gasteiger partial charge in [-0.2, -0.15) is 11.3 Å². The van der Waals surface area contributed by atoms with Crippen LogP contribution in [0.3, 0.4) is 0 Å². The largest absolute Gasteiger partial charge is 0.484 e. The summed E-state index contributed by atoms with van der Waals surface area (Å²) in [6.45, 7) is 4.78. The summed E-state index contributed by atoms with van der Waals surface area (Å²) in [6, 6.07) is 12.8. The molecular formula is C20H20N2OS. The summed E-state index contributed by atoms with van der Waals surface area (Å²) in [5, 5.41) is 4.30. The van der Waals surface area contributed by atoms with E-state index in [2.05, 4.69) is 57.9 Å². The highest BCUT2D eigenvalue weighted by Gasteiger charge is 2.24. The number of thiophene rings is 1. The maximum atomic E-state index is 6.37. The molecule has 0 N–H and O–H groups in total. The van der Waals surface area contributed by atoms with E-state index in [9.17, 15) is 0 Å². The van der Waals surface area contributed by atoms with E-state index < -0.39 is 0 Å². The molecule has 1 atom stereocenters. The minimum Gasteiger partial charge on any atom is -0.484 e. The molecule has 3 nitrogen and oxygen atoms in total. The van der Waals surface area contributed by atoms with E-state index in [1.165, 1.54) is 22.3 Å². The first kappa shape index (κ1) is 15.4. The molecule has 122 valence electrons. The molecule has 1 aliphatic rings. The molecule has 3 heterocycles. The van der Waals surface area contributed by atoms with Gasteiger partial charge in [-0.1, -0.05) is 23.8 Å². The number of ether oxygens (including phenoxy) is 1. The third kappa shape index (κ3) is 3.35. The zero-order valence-electron chi connectivity index (χ0n) is 13.7. The summed E-state index contributed by atoms with van der Waals surface area (Å²) in [4.78, 5) is 6.69. The highest BCUT2D eigenvalue weighted by molar-refractivity contribution is 7.07. The summed E-state index contributed by atoms with van der Waals surface area (Å²) in [7, 11) is 0. The van der Waals surface area contributed by atoms with Crippen LogP contribution in [0.1, 0.15) is 28.4 Å². The Morgan fingerprint density at radius 1 is 1.29 bits per heavy atom. The Labute approximate surface area is 146 Å². The predicted molar refractivity (Wildman–Crippen MR) is 97.2 cm³/mol. The molecular weight excluding hydrogens is 316 g/mol. The normalized spacial score (nSPS) is 17.8. The van der Waals surface area contributed by atoms with E-state index in [0.717, 1.165) is 25.4 Å². The van der Waals surface area contributed by atoms with E-state index in [0.29, 0.717) is 0 Å². The second-order valence-electron chi connectivity index (χ2n) is 6.31. The van der Waals surface area contributed by atoms with Crippen LogP contribution in [0.25, 0.3) is 0 Å². The van der Waals surface area contributed by atoms with Crippen molar-refractivity contribution < 1.29 is 4.74 Å². The second kappa shape index (κ2) is 6.75. The Hall–Kier alpha value is -2.17. The van der Waals surface area contributed by atoms with Gasteiger partial charge in [0.05, 0.1) is 0 Å². The molecule has 0 amide bonds. The van der Waals surface area contributed by atoms with E-state index in [1.807, 2.05) is 18.5 Å². The molecule has 1 aromatic carbocycles. The average Bonchev–Trinajstić information content (AvgIpc) is 3.06. The van der Waals surface area contributed by atoms with E-state index in [4.69, 9.17) is 4.74 Å². The third-order valence-corrected chi connectivity index (χ3v) is 5.05. The summed E-state index contributed by atoms with van der Waals surface area (Å²) in [5.74, 6) is 1.01. The minimum atomic E-state index is 0.0666. The van der Waals surface area contributed by atoms with Crippen LogP contribution >= 0.6 is 11.3 Å². The van der Waals surface area contributed by atoms with Gasteiger partial charge in [-0.05, 0) is 41.4 Å². The van der Waals surface area contributed by atoms with Crippen molar-refractivity contribution in [1.29, 1.82) is 0 Å². The quantitative estimate of drug-likeness (QED) is 0.699. The first-order valence-corrected chi connectivity index (χ1v) is 9.12. The van der Waals surface area contributed by atoms with Crippen LogP contribution < -0.4 is 4.74 Å². The van der Waals surface area contributed by atoms with Gasteiger partial charge in [0.1, 0.15) is 11.9 Å². The Kier molecular flexibility index (Phi) is 4.32. The van der Waals surface area contributed by atoms with Crippen LogP contribution in [0.15, 0.2) is 59.6 Å². The average molecular weight is 336 g/mol. The molecule has 1 unspecified atom stereocenters. The molecule has 24 heavy (non-hydrogen) atoms. The van der Waals surface area contributed by atoms with Gasteiger partial charge < -0.3 is 4.74 Å². The number of aryl methyl sites for hydroxylation is 1. The van der Waals surface area contributed by atoms with Crippen molar-refractivity contribution in [2.24, 2.45) is 0 Å². The van der Waals surface area contributed by atoms with Gasteiger partial charge in [-0.25, -0.2) is 0 Å². The molecule has 0 bridgehead atoms. The first-order chi connectivity index (χ1) is 11.8. The second-order valence-corrected chi connectivity index (χ2v) is 7.09. The van der Waals surface area contributed by atoms with Crippen molar-refractivity contribution in [3.05, 3.63) is 81.8 Å². The lowest BCUT2D eigenvalue weighted by molar-refractivity contribution is 0.144. The van der Waals surface area contributed by atoms with Gasteiger partial charge in [0, 0.05) is 43.2 Å². The number of benzene rings is 1. The van der Waals surface area contributed by atoms with Gasteiger partial charge in [-0.15, -0.1) is 0 Å². The van der Waals surface area contributed by atoms with Crippen LogP contribution in [0, 0.1) is 6.92 Å². The molecule has 0 spiro atoms. The smallest absolute Gasteiger partial charge is 0.137 e. The summed E-state index contributed by atoms with van der Waals surface area (Å²) in [6.07, 6.45) is 3.83. The zero-order chi connectivity index (χ0) is 16.4. The highest BCUT2D eigenvalue weighted by Crippen LogP contribution is 2.33. The van der Waals surface area contributed by atoms with Crippen molar-refractivity contribution in [2.45, 2.75) is 26.1 Å². The van der Waals surface area contributed by atoms with Crippen LogP contribution in [-0.2, 0) is 13.1 Å². The molecule has 0 fully saturated rings. The summed E-state index contributed by atoms with van der Waals surface area (Å²) in [5.41, 5.74) is 5.02. The lowest BCUT2D eigenvalue weighted by Crippen LogP contribution is -2.27. The van der Waals surface area contributed by atoms with Gasteiger partial charge >= 0.3 is 0 Å². The number of fused-ring (bicyclic) bond motifs is 1. The topological polar surface area (TPSA) is 25.4 Å². The molecule has 0 aliphatic carbocycles. The van der Waals surface area contributed by atoms with E-state index >= 15 is 0 Å². The molecule has 0 radical (unpaired) electrons. The number of nitrogens with zero attached hydrogens (tertiary/aromatic N) is 2. The molecule has 4 heteroatoms. The Bertz CT molecular complexity index is 802. The Morgan fingerprint density at radius 3 is 3.04 bits per heavy atom. The van der Waals surface area contributed by atoms with Crippen LogP contribution in [-0.4, -0.2) is 16.4 Å². The maximum Gasteiger partial charge on any atom is 0.137 e. The molecule has 4 rings (SSSR count). The van der Waals surface area contributed by atoms with Crippen molar-refractivity contribution in [3.8, 4) is 5.75 Å². The zero-order valence-corrected chi connectivity index (χ0v) is 14.5. The van der Waals surface area contributed by atoms with Crippen LogP contribution in [0.5, 0.6) is 5.75 Å². The summed E-state index contributed by atoms with van der Waals surface area (Å²) >= 11 is 1.72. The molecule has 2 aromatic heterocycles. The van der Waals surface area contributed by atoms with Crippen LogP contribution in [0.4, 0.5) is 0 Å². The third-order valence-electron chi connectivity index (χ3n) is 4.35. The van der Waals surface area contributed by atoms with E-state index in [-0.39, 0.29) is 6.10 Å². The minimum absolute atomic E-state index is 0.0666. The van der Waals surface area contributed by atoms with Crippen molar-refractivity contribution in [3.63, 3.8) is 0 Å². The lowest BCUT2D eigenvalue weighted by Gasteiger charge is -2.23. The Balaban J connectivity index is 1.66. The molecule has 3 aromatic rings. The fourth-order valence-corrected chi connectivity index (χ4v) is 3.88. The fourth-order valence-electron chi connectivity index (χ4n) is 3.18. The van der Waals surface area contributed by atoms with Crippen molar-refractivity contribution in [2.75, 3.05) is 6.54 Å². The maximum absolute atomic E-state index is 6.37. The lowest BCUT2D eigenvalue weighted by atomic mass is 10.1. The number of hydrogen-bond acceptors (Lipinski definition) is 4. The van der Waals surface area contributed by atoms with Crippen molar-refractivity contribution in [1.82, 2.24) is 9.88 Å². The molecule has 1 aliphatic heterocycles. The summed E-state index contributed by atoms with van der Waals surface area (Å²) < 4.78 is 6.37. The number of aromatic nitrogens is 1. The number of hydrogen-bond donors (Lipinski definition) is 0. The monoisotopic (exact) mass is 336 g/mol. The molecule has 0 saturated heterocycles. The Morgan fingerprint density at radius 2 is 2.25 bits per heavy atom. The standard InChI is InChI=1S/C20H20N2OS/c1-15-4-5-19-18(9-15)12-22(11-16-3-2-7-21-10-16)13-20(23-19)17-6-8-24-14-17/h2-10,14,20H,11-13H2,1H3. The molecule has 0 saturated carbocycles. The first-order valence-electron chi connectivity index (χ1n) is 8.17. The predicted octanol–water partition coefficient (Wildman–Crippen LogP) is 4.59. The van der Waals surface area contributed by atoms with Gasteiger partial charge in [0.15, 0.2) is 0 Å². The van der Waals surface area contributed by atoms with Gasteiger partial charge in [0.2, 0.25) is 0 Å². The van der Waals surface area contributed by atoms with Gasteiger partial charge in [-0.3, -0.25) is 9.88 Å². The fraction of sp³-hybridized carbons (Fsp3) is 0.250. The van der Waals surface area contributed by atoms with Crippen LogP contribution in [0.2, 0.25) is 0 Å². The van der Waals surface area contributed by atoms with Crippen molar-refractivity contribution >= 4 is 11.3 Å². The van der Waals surface area contributed by atoms with E-state index in [1.54, 1.807) is 11.3 Å².